The Morgan fingerprint density at radius 3 is 1.96 bits per heavy atom. The van der Waals surface area contributed by atoms with Crippen LogP contribution in [-0.2, 0) is 20.6 Å². The van der Waals surface area contributed by atoms with Crippen molar-refractivity contribution in [2.75, 3.05) is 6.61 Å². The fourth-order valence-corrected chi connectivity index (χ4v) is 3.44. The normalized spacial score (nSPS) is 11.6. The van der Waals surface area contributed by atoms with Crippen molar-refractivity contribution in [1.29, 1.82) is 0 Å². The van der Waals surface area contributed by atoms with Crippen LogP contribution in [-0.4, -0.2) is 25.5 Å². The first kappa shape index (κ1) is 23.7. The first-order chi connectivity index (χ1) is 12.9. The Bertz CT molecular complexity index is 620. The van der Waals surface area contributed by atoms with Crippen LogP contribution in [0.3, 0.4) is 0 Å². The lowest BCUT2D eigenvalue weighted by Gasteiger charge is -2.04. The van der Waals surface area contributed by atoms with Crippen molar-refractivity contribution in [3.63, 3.8) is 0 Å². The van der Waals surface area contributed by atoms with Crippen molar-refractivity contribution >= 4 is 16.1 Å². The maximum Gasteiger partial charge on any atom is 0.374 e. The molecule has 0 bridgehead atoms. The van der Waals surface area contributed by atoms with E-state index in [9.17, 15) is 13.2 Å². The molecule has 1 heterocycles. The molecule has 0 fully saturated rings. The minimum absolute atomic E-state index is 0.00909. The van der Waals surface area contributed by atoms with Gasteiger partial charge >= 0.3 is 5.97 Å². The molecule has 0 aliphatic rings. The molecular weight excluding hydrogens is 368 g/mol. The maximum absolute atomic E-state index is 11.8. The quantitative estimate of drug-likeness (QED) is 0.222. The van der Waals surface area contributed by atoms with Gasteiger partial charge in [0.05, 0.1) is 6.61 Å². The fourth-order valence-electron chi connectivity index (χ4n) is 2.92. The second-order valence-electron chi connectivity index (χ2n) is 7.02. The average Bonchev–Trinajstić information content (AvgIpc) is 3.05. The molecule has 0 amide bonds. The van der Waals surface area contributed by atoms with Gasteiger partial charge in [0.15, 0.2) is 0 Å². The van der Waals surface area contributed by atoms with Crippen molar-refractivity contribution in [2.24, 2.45) is 0 Å². The summed E-state index contributed by atoms with van der Waals surface area (Å²) >= 11 is 0. The number of esters is 1. The highest BCUT2D eigenvalue weighted by molar-refractivity contribution is 7.84. The predicted molar refractivity (Wildman–Crippen MR) is 105 cm³/mol. The molecule has 27 heavy (non-hydrogen) atoms. The molecule has 1 rings (SSSR count). The molecule has 156 valence electrons. The predicted octanol–water partition coefficient (Wildman–Crippen LogP) is 5.53. The molecule has 1 N–H and O–H groups in total. The number of furan rings is 1. The van der Waals surface area contributed by atoms with Crippen molar-refractivity contribution in [3.8, 4) is 0 Å². The number of carbonyl (C=O) groups is 1. The SMILES string of the molecule is CCCCCCCCCCCCCCOC(=O)c1ccc(CS(=O)(=O)O)o1. The van der Waals surface area contributed by atoms with Crippen molar-refractivity contribution < 1.29 is 26.9 Å². The zero-order valence-electron chi connectivity index (χ0n) is 16.5. The third kappa shape index (κ3) is 12.6. The minimum atomic E-state index is -4.18. The molecular formula is C20H34O6S. The summed E-state index contributed by atoms with van der Waals surface area (Å²) in [6, 6.07) is 2.69. The third-order valence-electron chi connectivity index (χ3n) is 4.42. The van der Waals surface area contributed by atoms with Crippen LogP contribution in [0.25, 0.3) is 0 Å². The molecule has 1 aromatic heterocycles. The molecule has 0 saturated carbocycles. The summed E-state index contributed by atoms with van der Waals surface area (Å²) in [4.78, 5) is 11.8. The number of carbonyl (C=O) groups excluding carboxylic acids is 1. The number of unbranched alkanes of at least 4 members (excludes halogenated alkanes) is 11. The van der Waals surface area contributed by atoms with Crippen molar-refractivity contribution in [2.45, 2.75) is 89.7 Å². The second-order valence-corrected chi connectivity index (χ2v) is 8.47. The van der Waals surface area contributed by atoms with Crippen LogP contribution in [0.1, 0.15) is 100 Å². The molecule has 0 radical (unpaired) electrons. The zero-order chi connectivity index (χ0) is 20.0. The largest absolute Gasteiger partial charge is 0.460 e. The van der Waals surface area contributed by atoms with E-state index < -0.39 is 21.8 Å². The smallest absolute Gasteiger partial charge is 0.374 e. The van der Waals surface area contributed by atoms with Gasteiger partial charge in [-0.15, -0.1) is 0 Å². The van der Waals surface area contributed by atoms with E-state index >= 15 is 0 Å². The lowest BCUT2D eigenvalue weighted by Crippen LogP contribution is -2.05. The summed E-state index contributed by atoms with van der Waals surface area (Å²) in [5.74, 6) is -1.30. The van der Waals surface area contributed by atoms with Crippen LogP contribution < -0.4 is 0 Å². The Kier molecular flexibility index (Phi) is 12.1. The highest BCUT2D eigenvalue weighted by Gasteiger charge is 2.16. The summed E-state index contributed by atoms with van der Waals surface area (Å²) < 4.78 is 40.5. The molecule has 0 spiro atoms. The zero-order valence-corrected chi connectivity index (χ0v) is 17.3. The summed E-state index contributed by atoms with van der Waals surface area (Å²) in [6.07, 6.45) is 14.9. The van der Waals surface area contributed by atoms with Crippen LogP contribution in [0.15, 0.2) is 16.5 Å². The summed E-state index contributed by atoms with van der Waals surface area (Å²) in [5.41, 5.74) is 0. The van der Waals surface area contributed by atoms with E-state index in [0.717, 1.165) is 19.3 Å². The van der Waals surface area contributed by atoms with Crippen molar-refractivity contribution in [1.82, 2.24) is 0 Å². The van der Waals surface area contributed by atoms with E-state index in [1.807, 2.05) is 0 Å². The van der Waals surface area contributed by atoms with Gasteiger partial charge < -0.3 is 9.15 Å². The van der Waals surface area contributed by atoms with Crippen LogP contribution in [0.5, 0.6) is 0 Å². The molecule has 7 heteroatoms. The average molecular weight is 403 g/mol. The van der Waals surface area contributed by atoms with Gasteiger partial charge in [-0.3, -0.25) is 4.55 Å². The van der Waals surface area contributed by atoms with Gasteiger partial charge in [0.25, 0.3) is 10.1 Å². The molecule has 0 aromatic carbocycles. The van der Waals surface area contributed by atoms with E-state index in [-0.39, 0.29) is 11.5 Å². The number of ether oxygens (including phenoxy) is 1. The Balaban J connectivity index is 1.98. The van der Waals surface area contributed by atoms with E-state index in [0.29, 0.717) is 6.61 Å². The summed E-state index contributed by atoms with van der Waals surface area (Å²) in [6.45, 7) is 2.56. The van der Waals surface area contributed by atoms with Crippen LogP contribution in [0, 0.1) is 0 Å². The van der Waals surface area contributed by atoms with Gasteiger partial charge in [0.1, 0.15) is 11.5 Å². The second kappa shape index (κ2) is 13.8. The minimum Gasteiger partial charge on any atom is -0.460 e. The Hall–Kier alpha value is -1.34. The first-order valence-corrected chi connectivity index (χ1v) is 11.7. The first-order valence-electron chi connectivity index (χ1n) is 10.1. The van der Waals surface area contributed by atoms with Crippen LogP contribution in [0.2, 0.25) is 0 Å². The Labute approximate surface area is 163 Å². The highest BCUT2D eigenvalue weighted by Crippen LogP contribution is 2.14. The van der Waals surface area contributed by atoms with Gasteiger partial charge in [0, 0.05) is 0 Å². The maximum atomic E-state index is 11.8. The monoisotopic (exact) mass is 402 g/mol. The molecule has 6 nitrogen and oxygen atoms in total. The lowest BCUT2D eigenvalue weighted by atomic mass is 10.1. The summed E-state index contributed by atoms with van der Waals surface area (Å²) in [5, 5.41) is 0. The standard InChI is InChI=1S/C20H34O6S/c1-2-3-4-5-6-7-8-9-10-11-12-13-16-25-20(21)19-15-14-18(26-19)17-27(22,23)24/h14-15H,2-13,16-17H2,1H3,(H,22,23,24). The lowest BCUT2D eigenvalue weighted by molar-refractivity contribution is 0.0459. The van der Waals surface area contributed by atoms with Gasteiger partial charge in [-0.2, -0.15) is 8.42 Å². The topological polar surface area (TPSA) is 93.8 Å². The molecule has 0 aliphatic carbocycles. The van der Waals surface area contributed by atoms with Gasteiger partial charge in [-0.1, -0.05) is 77.6 Å². The van der Waals surface area contributed by atoms with Gasteiger partial charge in [-0.05, 0) is 18.6 Å². The number of rotatable bonds is 16. The molecule has 1 aromatic rings. The van der Waals surface area contributed by atoms with Crippen LogP contribution in [0.4, 0.5) is 0 Å². The van der Waals surface area contributed by atoms with E-state index in [1.165, 1.54) is 69.9 Å². The highest BCUT2D eigenvalue weighted by atomic mass is 32.2. The van der Waals surface area contributed by atoms with Crippen molar-refractivity contribution in [3.05, 3.63) is 23.7 Å². The van der Waals surface area contributed by atoms with E-state index in [1.54, 1.807) is 0 Å². The number of hydrogen-bond donors (Lipinski definition) is 1. The molecule has 0 atom stereocenters. The fraction of sp³-hybridized carbons (Fsp3) is 0.750. The molecule has 0 aliphatic heterocycles. The Morgan fingerprint density at radius 2 is 1.44 bits per heavy atom. The van der Waals surface area contributed by atoms with E-state index in [4.69, 9.17) is 13.7 Å². The van der Waals surface area contributed by atoms with Gasteiger partial charge in [0.2, 0.25) is 5.76 Å². The van der Waals surface area contributed by atoms with E-state index in [2.05, 4.69) is 6.92 Å². The van der Waals surface area contributed by atoms with Gasteiger partial charge in [-0.25, -0.2) is 4.79 Å². The third-order valence-corrected chi connectivity index (χ3v) is 5.07. The Morgan fingerprint density at radius 1 is 0.926 bits per heavy atom. The molecule has 0 saturated heterocycles. The van der Waals surface area contributed by atoms with Crippen LogP contribution >= 0.6 is 0 Å². The number of hydrogen-bond acceptors (Lipinski definition) is 5. The summed E-state index contributed by atoms with van der Waals surface area (Å²) in [7, 11) is -4.18. The molecule has 0 unspecified atom stereocenters.